The van der Waals surface area contributed by atoms with E-state index in [1.165, 1.54) is 10.9 Å². The molecule has 1 aromatic heterocycles. The third kappa shape index (κ3) is 3.28. The molecule has 2 heterocycles. The van der Waals surface area contributed by atoms with Crippen molar-refractivity contribution in [3.8, 4) is 5.75 Å². The third-order valence-electron chi connectivity index (χ3n) is 4.38. The number of piperazine rings is 1. The predicted molar refractivity (Wildman–Crippen MR) is 91.3 cm³/mol. The molecule has 8 heteroatoms. The smallest absolute Gasteiger partial charge is 0.339 e. The number of aromatic nitrogens is 2. The quantitative estimate of drug-likeness (QED) is 0.893. The normalized spacial score (nSPS) is 14.5. The molecule has 1 saturated heterocycles. The van der Waals surface area contributed by atoms with Crippen LogP contribution in [0.15, 0.2) is 30.5 Å². The number of rotatable bonds is 4. The van der Waals surface area contributed by atoms with Crippen LogP contribution in [0.4, 0.5) is 5.69 Å². The Morgan fingerprint density at radius 1 is 1.12 bits per heavy atom. The van der Waals surface area contributed by atoms with Crippen LogP contribution in [0.25, 0.3) is 0 Å². The van der Waals surface area contributed by atoms with E-state index in [1.807, 2.05) is 24.3 Å². The van der Waals surface area contributed by atoms with Crippen molar-refractivity contribution in [2.45, 2.75) is 0 Å². The van der Waals surface area contributed by atoms with Gasteiger partial charge in [-0.25, -0.2) is 4.79 Å². The highest BCUT2D eigenvalue weighted by molar-refractivity contribution is 6.03. The summed E-state index contributed by atoms with van der Waals surface area (Å²) in [5.74, 6) is -0.643. The molecule has 0 atom stereocenters. The van der Waals surface area contributed by atoms with Crippen LogP contribution in [-0.2, 0) is 7.05 Å². The number of ether oxygens (including phenoxy) is 1. The van der Waals surface area contributed by atoms with Crippen molar-refractivity contribution < 1.29 is 19.4 Å². The number of carbonyl (C=O) groups is 2. The molecule has 0 aliphatic carbocycles. The molecule has 3 rings (SSSR count). The van der Waals surface area contributed by atoms with Crippen molar-refractivity contribution in [3.63, 3.8) is 0 Å². The van der Waals surface area contributed by atoms with Gasteiger partial charge in [-0.15, -0.1) is 0 Å². The molecule has 0 saturated carbocycles. The van der Waals surface area contributed by atoms with Crippen molar-refractivity contribution in [3.05, 3.63) is 41.7 Å². The first-order valence-corrected chi connectivity index (χ1v) is 7.95. The number of hydrogen-bond donors (Lipinski definition) is 1. The molecule has 25 heavy (non-hydrogen) atoms. The second-order valence-corrected chi connectivity index (χ2v) is 5.81. The molecule has 0 unspecified atom stereocenters. The maximum atomic E-state index is 12.7. The average molecular weight is 344 g/mol. The van der Waals surface area contributed by atoms with Crippen molar-refractivity contribution >= 4 is 17.6 Å². The third-order valence-corrected chi connectivity index (χ3v) is 4.38. The summed E-state index contributed by atoms with van der Waals surface area (Å²) in [6.45, 7) is 2.40. The van der Waals surface area contributed by atoms with Gasteiger partial charge in [-0.2, -0.15) is 5.10 Å². The number of aromatic carboxylic acids is 1. The first kappa shape index (κ1) is 16.8. The van der Waals surface area contributed by atoms with E-state index in [1.54, 1.807) is 19.1 Å². The van der Waals surface area contributed by atoms with Gasteiger partial charge in [-0.05, 0) is 24.3 Å². The topological polar surface area (TPSA) is 87.9 Å². The van der Waals surface area contributed by atoms with Crippen molar-refractivity contribution in [1.82, 2.24) is 14.7 Å². The molecule has 1 N–H and O–H groups in total. The molecule has 0 spiro atoms. The van der Waals surface area contributed by atoms with E-state index in [9.17, 15) is 14.7 Å². The Morgan fingerprint density at radius 3 is 2.32 bits per heavy atom. The molecule has 0 bridgehead atoms. The Hall–Kier alpha value is -3.03. The lowest BCUT2D eigenvalue weighted by atomic mass is 10.2. The standard InChI is InChI=1S/C17H20N4O4/c1-19-15(14(11-18-19)17(23)24)16(22)21-9-7-20(8-10-21)12-3-5-13(25-2)6-4-12/h3-6,11H,7-10H2,1-2H3,(H,23,24). The van der Waals surface area contributed by atoms with E-state index in [2.05, 4.69) is 10.00 Å². The first-order chi connectivity index (χ1) is 12.0. The number of methoxy groups -OCH3 is 1. The van der Waals surface area contributed by atoms with Gasteiger partial charge in [0.1, 0.15) is 17.0 Å². The first-order valence-electron chi connectivity index (χ1n) is 7.95. The van der Waals surface area contributed by atoms with Crippen molar-refractivity contribution in [2.24, 2.45) is 7.05 Å². The van der Waals surface area contributed by atoms with Crippen LogP contribution in [0.1, 0.15) is 20.8 Å². The number of carboxylic acid groups (broad SMARTS) is 1. The second kappa shape index (κ2) is 6.84. The summed E-state index contributed by atoms with van der Waals surface area (Å²) in [5, 5.41) is 13.1. The van der Waals surface area contributed by atoms with Gasteiger partial charge < -0.3 is 19.6 Å². The van der Waals surface area contributed by atoms with Crippen LogP contribution >= 0.6 is 0 Å². The number of nitrogens with zero attached hydrogens (tertiary/aromatic N) is 4. The summed E-state index contributed by atoms with van der Waals surface area (Å²) in [4.78, 5) is 27.8. The molecular weight excluding hydrogens is 324 g/mol. The number of aryl methyl sites for hydroxylation is 1. The molecule has 1 fully saturated rings. The SMILES string of the molecule is COc1ccc(N2CCN(C(=O)c3c(C(=O)O)cnn3C)CC2)cc1. The zero-order chi connectivity index (χ0) is 18.0. The number of benzene rings is 1. The van der Waals surface area contributed by atoms with Crippen LogP contribution < -0.4 is 9.64 Å². The van der Waals surface area contributed by atoms with Gasteiger partial charge in [0.15, 0.2) is 0 Å². The molecule has 2 aromatic rings. The fraction of sp³-hybridized carbons (Fsp3) is 0.353. The molecule has 132 valence electrons. The van der Waals surface area contributed by atoms with Gasteiger partial charge in [0.25, 0.3) is 5.91 Å². The summed E-state index contributed by atoms with van der Waals surface area (Å²) in [5.41, 5.74) is 1.12. The summed E-state index contributed by atoms with van der Waals surface area (Å²) in [6.07, 6.45) is 1.21. The molecular formula is C17H20N4O4. The minimum Gasteiger partial charge on any atom is -0.497 e. The maximum absolute atomic E-state index is 12.7. The van der Waals surface area contributed by atoms with E-state index in [4.69, 9.17) is 4.74 Å². The van der Waals surface area contributed by atoms with Crippen LogP contribution in [0.3, 0.4) is 0 Å². The van der Waals surface area contributed by atoms with Crippen LogP contribution in [0.2, 0.25) is 0 Å². The number of carbonyl (C=O) groups excluding carboxylic acids is 1. The van der Waals surface area contributed by atoms with Crippen molar-refractivity contribution in [2.75, 3.05) is 38.2 Å². The Labute approximate surface area is 145 Å². The Balaban J connectivity index is 1.68. The largest absolute Gasteiger partial charge is 0.497 e. The van der Waals surface area contributed by atoms with Gasteiger partial charge >= 0.3 is 5.97 Å². The van der Waals surface area contributed by atoms with Crippen LogP contribution in [0, 0.1) is 0 Å². The molecule has 0 radical (unpaired) electrons. The van der Waals surface area contributed by atoms with Gasteiger partial charge in [-0.1, -0.05) is 0 Å². The van der Waals surface area contributed by atoms with Crippen LogP contribution in [0.5, 0.6) is 5.75 Å². The summed E-state index contributed by atoms with van der Waals surface area (Å²) >= 11 is 0. The maximum Gasteiger partial charge on any atom is 0.339 e. The predicted octanol–water partition coefficient (Wildman–Crippen LogP) is 1.09. The summed E-state index contributed by atoms with van der Waals surface area (Å²) < 4.78 is 6.48. The lowest BCUT2D eigenvalue weighted by Crippen LogP contribution is -2.49. The van der Waals surface area contributed by atoms with E-state index in [0.29, 0.717) is 26.2 Å². The highest BCUT2D eigenvalue weighted by Crippen LogP contribution is 2.21. The highest BCUT2D eigenvalue weighted by Gasteiger charge is 2.28. The number of amides is 1. The summed E-state index contributed by atoms with van der Waals surface area (Å²) in [6, 6.07) is 7.78. The highest BCUT2D eigenvalue weighted by atomic mass is 16.5. The summed E-state index contributed by atoms with van der Waals surface area (Å²) in [7, 11) is 3.20. The van der Waals surface area contributed by atoms with Crippen molar-refractivity contribution in [1.29, 1.82) is 0 Å². The monoisotopic (exact) mass is 344 g/mol. The Bertz CT molecular complexity index is 776. The lowest BCUT2D eigenvalue weighted by molar-refractivity contribution is 0.0669. The fourth-order valence-corrected chi connectivity index (χ4v) is 2.96. The molecule has 1 amide bonds. The van der Waals surface area contributed by atoms with Gasteiger partial charge in [0.2, 0.25) is 0 Å². The van der Waals surface area contributed by atoms with Crippen LogP contribution in [-0.4, -0.2) is 65.0 Å². The minimum absolute atomic E-state index is 0.0647. The van der Waals surface area contributed by atoms with Gasteiger partial charge in [-0.3, -0.25) is 9.48 Å². The van der Waals surface area contributed by atoms with E-state index in [-0.39, 0.29) is 17.2 Å². The molecule has 1 aliphatic rings. The van der Waals surface area contributed by atoms with E-state index in [0.717, 1.165) is 11.4 Å². The van der Waals surface area contributed by atoms with E-state index < -0.39 is 5.97 Å². The average Bonchev–Trinajstić information content (AvgIpc) is 3.03. The Kier molecular flexibility index (Phi) is 4.60. The van der Waals surface area contributed by atoms with Gasteiger partial charge in [0.05, 0.1) is 13.3 Å². The van der Waals surface area contributed by atoms with E-state index >= 15 is 0 Å². The number of hydrogen-bond acceptors (Lipinski definition) is 5. The zero-order valence-electron chi connectivity index (χ0n) is 14.2. The molecule has 1 aliphatic heterocycles. The lowest BCUT2D eigenvalue weighted by Gasteiger charge is -2.36. The molecule has 1 aromatic carbocycles. The Morgan fingerprint density at radius 2 is 1.76 bits per heavy atom. The zero-order valence-corrected chi connectivity index (χ0v) is 14.2. The number of anilines is 1. The van der Waals surface area contributed by atoms with Gasteiger partial charge in [0, 0.05) is 38.9 Å². The fourth-order valence-electron chi connectivity index (χ4n) is 2.96. The minimum atomic E-state index is -1.15. The second-order valence-electron chi connectivity index (χ2n) is 5.81. The molecule has 8 nitrogen and oxygen atoms in total. The number of carboxylic acids is 1.